The number of rotatable bonds is 8. The molecule has 0 radical (unpaired) electrons. The molecule has 1 rings (SSSR count). The molecule has 1 aromatic rings. The number of hydrogen-bond acceptors (Lipinski definition) is 4. The van der Waals surface area contributed by atoms with Crippen molar-refractivity contribution in [2.24, 2.45) is 0 Å². The first kappa shape index (κ1) is 16.9. The number of carbonyl (C=O) groups excluding carboxylic acids is 1. The van der Waals surface area contributed by atoms with Gasteiger partial charge in [-0.25, -0.2) is 4.79 Å². The summed E-state index contributed by atoms with van der Waals surface area (Å²) in [5, 5.41) is 0. The highest BCUT2D eigenvalue weighted by Crippen LogP contribution is 2.28. The minimum atomic E-state index is -0.375. The minimum Gasteiger partial charge on any atom is -0.493 e. The minimum absolute atomic E-state index is 0.161. The summed E-state index contributed by atoms with van der Waals surface area (Å²) in [6, 6.07) is 5.01. The summed E-state index contributed by atoms with van der Waals surface area (Å²) in [6.07, 6.45) is 7.08. The van der Waals surface area contributed by atoms with E-state index in [1.54, 1.807) is 18.2 Å². The van der Waals surface area contributed by atoms with Crippen LogP contribution in [0.25, 0.3) is 0 Å². The van der Waals surface area contributed by atoms with E-state index < -0.39 is 0 Å². The average molecular weight is 290 g/mol. The van der Waals surface area contributed by atoms with Crippen molar-refractivity contribution in [2.75, 3.05) is 13.7 Å². The van der Waals surface area contributed by atoms with Gasteiger partial charge in [-0.3, -0.25) is 0 Å². The summed E-state index contributed by atoms with van der Waals surface area (Å²) in [6.45, 7) is 4.39. The molecule has 0 N–H and O–H groups in total. The Balaban J connectivity index is 2.80. The fourth-order valence-corrected chi connectivity index (χ4v) is 1.88. The third-order valence-electron chi connectivity index (χ3n) is 3.04. The van der Waals surface area contributed by atoms with Crippen molar-refractivity contribution in [3.8, 4) is 23.8 Å². The lowest BCUT2D eigenvalue weighted by Crippen LogP contribution is -2.17. The Morgan fingerprint density at radius 3 is 2.67 bits per heavy atom. The standard InChI is InChI=1S/C17H22O4/c1-5-8-9-14(6-2)21-17(18)13-10-11-15(20-7-3)16(12-13)19-4/h1,10-12,14H,6-9H2,2-4H3/t14-/m1/s1. The van der Waals surface area contributed by atoms with Crippen LogP contribution in [0.5, 0.6) is 11.5 Å². The zero-order valence-electron chi connectivity index (χ0n) is 12.8. The van der Waals surface area contributed by atoms with Crippen LogP contribution in [0.4, 0.5) is 0 Å². The Labute approximate surface area is 126 Å². The van der Waals surface area contributed by atoms with Gasteiger partial charge in [0.25, 0.3) is 0 Å². The summed E-state index contributed by atoms with van der Waals surface area (Å²) in [7, 11) is 1.54. The molecular weight excluding hydrogens is 268 g/mol. The zero-order chi connectivity index (χ0) is 15.7. The van der Waals surface area contributed by atoms with Gasteiger partial charge in [0.15, 0.2) is 11.5 Å². The Kier molecular flexibility index (Phi) is 7.17. The van der Waals surface area contributed by atoms with Crippen LogP contribution in [-0.4, -0.2) is 25.8 Å². The van der Waals surface area contributed by atoms with Crippen LogP contribution in [-0.2, 0) is 4.74 Å². The van der Waals surface area contributed by atoms with Crippen LogP contribution in [0.1, 0.15) is 43.5 Å². The molecule has 0 saturated carbocycles. The van der Waals surface area contributed by atoms with Crippen LogP contribution in [0.15, 0.2) is 18.2 Å². The first-order valence-corrected chi connectivity index (χ1v) is 7.11. The van der Waals surface area contributed by atoms with E-state index in [1.165, 1.54) is 7.11 Å². The molecule has 0 saturated heterocycles. The number of hydrogen-bond donors (Lipinski definition) is 0. The number of esters is 1. The molecule has 4 nitrogen and oxygen atoms in total. The highest BCUT2D eigenvalue weighted by atomic mass is 16.5. The Hall–Kier alpha value is -2.15. The Bertz CT molecular complexity index is 502. The molecule has 0 amide bonds. The van der Waals surface area contributed by atoms with Crippen molar-refractivity contribution in [1.82, 2.24) is 0 Å². The molecule has 0 aliphatic heterocycles. The molecule has 0 spiro atoms. The second-order valence-electron chi connectivity index (χ2n) is 4.48. The SMILES string of the molecule is C#CCC[C@@H](CC)OC(=O)c1ccc(OCC)c(OC)c1. The van der Waals surface area contributed by atoms with Gasteiger partial charge in [0.1, 0.15) is 6.10 Å². The summed E-state index contributed by atoms with van der Waals surface area (Å²) in [5.41, 5.74) is 0.439. The van der Waals surface area contributed by atoms with Crippen LogP contribution < -0.4 is 9.47 Å². The molecule has 0 heterocycles. The highest BCUT2D eigenvalue weighted by Gasteiger charge is 2.16. The first-order chi connectivity index (χ1) is 10.2. The predicted octanol–water partition coefficient (Wildman–Crippen LogP) is 3.44. The van der Waals surface area contributed by atoms with Gasteiger partial charge in [-0.2, -0.15) is 0 Å². The first-order valence-electron chi connectivity index (χ1n) is 7.11. The average Bonchev–Trinajstić information content (AvgIpc) is 2.51. The molecule has 4 heteroatoms. The number of terminal acetylenes is 1. The Morgan fingerprint density at radius 2 is 2.10 bits per heavy atom. The van der Waals surface area contributed by atoms with E-state index in [1.807, 2.05) is 13.8 Å². The number of carbonyl (C=O) groups is 1. The van der Waals surface area contributed by atoms with Gasteiger partial charge in [-0.05, 0) is 38.0 Å². The normalized spacial score (nSPS) is 11.3. The summed E-state index contributed by atoms with van der Waals surface area (Å²) >= 11 is 0. The molecule has 1 atom stereocenters. The van der Waals surface area contributed by atoms with E-state index in [2.05, 4.69) is 5.92 Å². The van der Waals surface area contributed by atoms with E-state index in [9.17, 15) is 4.79 Å². The molecule has 0 aliphatic rings. The quantitative estimate of drug-likeness (QED) is 0.543. The number of methoxy groups -OCH3 is 1. The van der Waals surface area contributed by atoms with Crippen molar-refractivity contribution < 1.29 is 19.0 Å². The van der Waals surface area contributed by atoms with E-state index in [0.717, 1.165) is 6.42 Å². The van der Waals surface area contributed by atoms with E-state index in [-0.39, 0.29) is 12.1 Å². The maximum atomic E-state index is 12.1. The molecule has 114 valence electrons. The fourth-order valence-electron chi connectivity index (χ4n) is 1.88. The molecule has 21 heavy (non-hydrogen) atoms. The molecule has 0 fully saturated rings. The lowest BCUT2D eigenvalue weighted by Gasteiger charge is -2.16. The molecule has 0 aliphatic carbocycles. The van der Waals surface area contributed by atoms with Gasteiger partial charge < -0.3 is 14.2 Å². The van der Waals surface area contributed by atoms with E-state index >= 15 is 0 Å². The second-order valence-corrected chi connectivity index (χ2v) is 4.48. The zero-order valence-corrected chi connectivity index (χ0v) is 12.8. The van der Waals surface area contributed by atoms with Gasteiger partial charge in [-0.15, -0.1) is 12.3 Å². The molecule has 0 unspecified atom stereocenters. The predicted molar refractivity (Wildman–Crippen MR) is 81.7 cm³/mol. The Morgan fingerprint density at radius 1 is 1.33 bits per heavy atom. The molecule has 1 aromatic carbocycles. The second kappa shape index (κ2) is 8.91. The van der Waals surface area contributed by atoms with Gasteiger partial charge >= 0.3 is 5.97 Å². The summed E-state index contributed by atoms with van der Waals surface area (Å²) < 4.78 is 16.1. The van der Waals surface area contributed by atoms with Gasteiger partial charge in [-0.1, -0.05) is 6.92 Å². The lowest BCUT2D eigenvalue weighted by atomic mass is 10.1. The topological polar surface area (TPSA) is 44.8 Å². The number of ether oxygens (including phenoxy) is 3. The summed E-state index contributed by atoms with van der Waals surface area (Å²) in [4.78, 5) is 12.1. The van der Waals surface area contributed by atoms with Crippen LogP contribution in [0.3, 0.4) is 0 Å². The van der Waals surface area contributed by atoms with Crippen molar-refractivity contribution in [3.05, 3.63) is 23.8 Å². The summed E-state index contributed by atoms with van der Waals surface area (Å²) in [5.74, 6) is 3.31. The van der Waals surface area contributed by atoms with Crippen molar-refractivity contribution in [2.45, 2.75) is 39.2 Å². The highest BCUT2D eigenvalue weighted by molar-refractivity contribution is 5.90. The lowest BCUT2D eigenvalue weighted by molar-refractivity contribution is 0.0276. The largest absolute Gasteiger partial charge is 0.493 e. The van der Waals surface area contributed by atoms with Crippen LogP contribution in [0, 0.1) is 12.3 Å². The van der Waals surface area contributed by atoms with Crippen molar-refractivity contribution in [3.63, 3.8) is 0 Å². The monoisotopic (exact) mass is 290 g/mol. The third kappa shape index (κ3) is 5.03. The van der Waals surface area contributed by atoms with E-state index in [4.69, 9.17) is 20.6 Å². The van der Waals surface area contributed by atoms with Gasteiger partial charge in [0, 0.05) is 6.42 Å². The smallest absolute Gasteiger partial charge is 0.338 e. The van der Waals surface area contributed by atoms with Crippen molar-refractivity contribution in [1.29, 1.82) is 0 Å². The van der Waals surface area contributed by atoms with Gasteiger partial charge in [0.2, 0.25) is 0 Å². The third-order valence-corrected chi connectivity index (χ3v) is 3.04. The van der Waals surface area contributed by atoms with Crippen LogP contribution >= 0.6 is 0 Å². The van der Waals surface area contributed by atoms with Crippen molar-refractivity contribution >= 4 is 5.97 Å². The van der Waals surface area contributed by atoms with Crippen LogP contribution in [0.2, 0.25) is 0 Å². The fraction of sp³-hybridized carbons (Fsp3) is 0.471. The molecular formula is C17H22O4. The molecule has 0 aromatic heterocycles. The maximum Gasteiger partial charge on any atom is 0.338 e. The van der Waals surface area contributed by atoms with E-state index in [0.29, 0.717) is 36.5 Å². The van der Waals surface area contributed by atoms with Gasteiger partial charge in [0.05, 0.1) is 19.3 Å². The number of benzene rings is 1. The molecule has 0 bridgehead atoms. The maximum absolute atomic E-state index is 12.1.